The zero-order chi connectivity index (χ0) is 13.2. The molecule has 1 aromatic heterocycles. The Labute approximate surface area is 116 Å². The number of hydrogen-bond acceptors (Lipinski definition) is 3. The van der Waals surface area contributed by atoms with Crippen LogP contribution in [0.25, 0.3) is 0 Å². The molecule has 0 unspecified atom stereocenters. The van der Waals surface area contributed by atoms with Gasteiger partial charge in [0.15, 0.2) is 0 Å². The fraction of sp³-hybridized carbons (Fsp3) is 0.800. The largest absolute Gasteiger partial charge is 0.331 e. The van der Waals surface area contributed by atoms with Gasteiger partial charge >= 0.3 is 0 Å². The summed E-state index contributed by atoms with van der Waals surface area (Å²) >= 11 is 0. The van der Waals surface area contributed by atoms with Gasteiger partial charge < -0.3 is 14.8 Å². The molecule has 2 aliphatic rings. The Hall–Kier alpha value is -0.870. The Bertz CT molecular complexity index is 430. The van der Waals surface area contributed by atoms with Crippen molar-refractivity contribution in [3.8, 4) is 0 Å². The number of nitrogens with zero attached hydrogens (tertiary/aromatic N) is 3. The van der Waals surface area contributed by atoms with Gasteiger partial charge in [0, 0.05) is 38.2 Å². The highest BCUT2D eigenvalue weighted by atomic mass is 15.1. The van der Waals surface area contributed by atoms with Crippen molar-refractivity contribution in [2.75, 3.05) is 26.7 Å². The summed E-state index contributed by atoms with van der Waals surface area (Å²) in [4.78, 5) is 7.29. The lowest BCUT2D eigenvalue weighted by Gasteiger charge is -2.30. The summed E-state index contributed by atoms with van der Waals surface area (Å²) in [5, 5.41) is 3.43. The summed E-state index contributed by atoms with van der Waals surface area (Å²) in [5.41, 5.74) is 2.81. The van der Waals surface area contributed by atoms with Crippen LogP contribution >= 0.6 is 0 Å². The number of rotatable bonds is 3. The van der Waals surface area contributed by atoms with E-state index in [1.165, 1.54) is 49.7 Å². The number of aryl methyl sites for hydroxylation is 1. The summed E-state index contributed by atoms with van der Waals surface area (Å²) < 4.78 is 2.55. The van der Waals surface area contributed by atoms with Crippen LogP contribution in [0.4, 0.5) is 0 Å². The van der Waals surface area contributed by atoms with Crippen LogP contribution in [-0.4, -0.2) is 41.1 Å². The van der Waals surface area contributed by atoms with E-state index < -0.39 is 0 Å². The van der Waals surface area contributed by atoms with Gasteiger partial charge in [-0.2, -0.15) is 0 Å². The number of hydrogen-bond donors (Lipinski definition) is 1. The Balaban J connectivity index is 1.77. The van der Waals surface area contributed by atoms with E-state index in [2.05, 4.69) is 28.8 Å². The fourth-order valence-corrected chi connectivity index (χ4v) is 3.41. The minimum Gasteiger partial charge on any atom is -0.331 e. The van der Waals surface area contributed by atoms with Crippen LogP contribution in [0.3, 0.4) is 0 Å². The van der Waals surface area contributed by atoms with E-state index in [9.17, 15) is 0 Å². The van der Waals surface area contributed by atoms with E-state index >= 15 is 0 Å². The molecule has 0 spiro atoms. The van der Waals surface area contributed by atoms with Crippen molar-refractivity contribution in [3.63, 3.8) is 0 Å². The normalized spacial score (nSPS) is 21.6. The molecule has 0 radical (unpaired) electrons. The van der Waals surface area contributed by atoms with Crippen LogP contribution in [0, 0.1) is 5.92 Å². The van der Waals surface area contributed by atoms with Crippen LogP contribution in [0.5, 0.6) is 0 Å². The maximum atomic E-state index is 4.84. The third-order valence-corrected chi connectivity index (χ3v) is 4.66. The summed E-state index contributed by atoms with van der Waals surface area (Å²) in [5.74, 6) is 2.14. The van der Waals surface area contributed by atoms with Crippen LogP contribution in [0.1, 0.15) is 37.0 Å². The number of imidazole rings is 1. The minimum atomic E-state index is 0.842. The third kappa shape index (κ3) is 2.70. The Morgan fingerprint density at radius 1 is 1.32 bits per heavy atom. The SMILES string of the molecule is CCc1nc2c(n1CC1CCN(C)CC1)CCNC2. The van der Waals surface area contributed by atoms with Gasteiger partial charge in [0.1, 0.15) is 5.82 Å². The van der Waals surface area contributed by atoms with E-state index in [4.69, 9.17) is 4.98 Å². The van der Waals surface area contributed by atoms with Crippen LogP contribution in [-0.2, 0) is 25.9 Å². The van der Waals surface area contributed by atoms with Crippen molar-refractivity contribution >= 4 is 0 Å². The van der Waals surface area contributed by atoms with Crippen molar-refractivity contribution < 1.29 is 0 Å². The number of likely N-dealkylation sites (tertiary alicyclic amines) is 1. The summed E-state index contributed by atoms with van der Waals surface area (Å²) in [7, 11) is 2.23. The highest BCUT2D eigenvalue weighted by molar-refractivity contribution is 5.20. The second kappa shape index (κ2) is 5.63. The first-order valence-electron chi connectivity index (χ1n) is 7.74. The molecule has 1 fully saturated rings. The Morgan fingerprint density at radius 2 is 2.11 bits per heavy atom. The smallest absolute Gasteiger partial charge is 0.108 e. The van der Waals surface area contributed by atoms with Gasteiger partial charge in [-0.25, -0.2) is 4.98 Å². The molecule has 1 N–H and O–H groups in total. The second-order valence-electron chi connectivity index (χ2n) is 6.06. The summed E-state index contributed by atoms with van der Waals surface area (Å²) in [6.45, 7) is 8.00. The van der Waals surface area contributed by atoms with E-state index in [1.807, 2.05) is 0 Å². The molecule has 19 heavy (non-hydrogen) atoms. The molecule has 4 nitrogen and oxygen atoms in total. The molecule has 0 saturated carbocycles. The molecule has 1 saturated heterocycles. The molecule has 1 aromatic rings. The lowest BCUT2D eigenvalue weighted by Crippen LogP contribution is -2.33. The average molecular weight is 262 g/mol. The van der Waals surface area contributed by atoms with E-state index in [1.54, 1.807) is 0 Å². The first-order valence-corrected chi connectivity index (χ1v) is 7.74. The van der Waals surface area contributed by atoms with Gasteiger partial charge in [0.2, 0.25) is 0 Å². The quantitative estimate of drug-likeness (QED) is 0.894. The molecule has 0 atom stereocenters. The lowest BCUT2D eigenvalue weighted by molar-refractivity contribution is 0.203. The predicted molar refractivity (Wildman–Crippen MR) is 77.2 cm³/mol. The predicted octanol–water partition coefficient (Wildman–Crippen LogP) is 1.43. The number of fused-ring (bicyclic) bond motifs is 1. The zero-order valence-electron chi connectivity index (χ0n) is 12.3. The van der Waals surface area contributed by atoms with Gasteiger partial charge in [-0.15, -0.1) is 0 Å². The number of piperidine rings is 1. The van der Waals surface area contributed by atoms with Crippen LogP contribution in [0.2, 0.25) is 0 Å². The fourth-order valence-electron chi connectivity index (χ4n) is 3.41. The zero-order valence-corrected chi connectivity index (χ0v) is 12.3. The molecule has 0 amide bonds. The maximum Gasteiger partial charge on any atom is 0.108 e. The molecular formula is C15H26N4. The standard InChI is InChI=1S/C15H26N4/c1-3-15-17-13-10-16-7-4-14(13)19(15)11-12-5-8-18(2)9-6-12/h12,16H,3-11H2,1-2H3. The topological polar surface area (TPSA) is 33.1 Å². The first kappa shape index (κ1) is 13.1. The molecule has 0 bridgehead atoms. The maximum absolute atomic E-state index is 4.84. The third-order valence-electron chi connectivity index (χ3n) is 4.66. The summed E-state index contributed by atoms with van der Waals surface area (Å²) in [6, 6.07) is 0. The number of nitrogens with one attached hydrogen (secondary N) is 1. The molecular weight excluding hydrogens is 236 g/mol. The molecule has 4 heteroatoms. The average Bonchev–Trinajstić information content (AvgIpc) is 2.79. The van der Waals surface area contributed by atoms with Crippen molar-refractivity contribution in [2.24, 2.45) is 5.92 Å². The molecule has 3 rings (SSSR count). The Kier molecular flexibility index (Phi) is 3.89. The summed E-state index contributed by atoms with van der Waals surface area (Å²) in [6.07, 6.45) is 4.88. The molecule has 106 valence electrons. The van der Waals surface area contributed by atoms with E-state index in [-0.39, 0.29) is 0 Å². The highest BCUT2D eigenvalue weighted by Gasteiger charge is 2.23. The van der Waals surface area contributed by atoms with Gasteiger partial charge in [-0.05, 0) is 38.9 Å². The second-order valence-corrected chi connectivity index (χ2v) is 6.06. The van der Waals surface area contributed by atoms with Gasteiger partial charge in [0.25, 0.3) is 0 Å². The van der Waals surface area contributed by atoms with Crippen molar-refractivity contribution in [2.45, 2.75) is 45.7 Å². The van der Waals surface area contributed by atoms with Crippen molar-refractivity contribution in [1.29, 1.82) is 0 Å². The lowest BCUT2D eigenvalue weighted by atomic mass is 9.96. The Morgan fingerprint density at radius 3 is 2.84 bits per heavy atom. The van der Waals surface area contributed by atoms with Crippen LogP contribution < -0.4 is 5.32 Å². The van der Waals surface area contributed by atoms with Crippen molar-refractivity contribution in [3.05, 3.63) is 17.2 Å². The number of aromatic nitrogens is 2. The van der Waals surface area contributed by atoms with Gasteiger partial charge in [-0.1, -0.05) is 6.92 Å². The molecule has 0 aromatic carbocycles. The molecule has 0 aliphatic carbocycles. The van der Waals surface area contributed by atoms with Gasteiger partial charge in [-0.3, -0.25) is 0 Å². The first-order chi connectivity index (χ1) is 9.28. The highest BCUT2D eigenvalue weighted by Crippen LogP contribution is 2.23. The van der Waals surface area contributed by atoms with Crippen LogP contribution in [0.15, 0.2) is 0 Å². The molecule has 2 aliphatic heterocycles. The van der Waals surface area contributed by atoms with E-state index in [0.29, 0.717) is 0 Å². The van der Waals surface area contributed by atoms with Crippen molar-refractivity contribution in [1.82, 2.24) is 19.8 Å². The molecule has 3 heterocycles. The monoisotopic (exact) mass is 262 g/mol. The van der Waals surface area contributed by atoms with Gasteiger partial charge in [0.05, 0.1) is 5.69 Å². The minimum absolute atomic E-state index is 0.842. The van der Waals surface area contributed by atoms with E-state index in [0.717, 1.165) is 31.8 Å².